The average molecular weight is 391 g/mol. The van der Waals surface area contributed by atoms with E-state index in [2.05, 4.69) is 10.3 Å². The maximum atomic E-state index is 12.3. The Morgan fingerprint density at radius 1 is 1.26 bits per heavy atom. The molecule has 146 valence electrons. The van der Waals surface area contributed by atoms with Crippen molar-refractivity contribution in [2.75, 3.05) is 25.9 Å². The van der Waals surface area contributed by atoms with Gasteiger partial charge >= 0.3 is 0 Å². The maximum absolute atomic E-state index is 12.3. The molecule has 27 heavy (non-hydrogen) atoms. The SMILES string of the molecule is Cc1ccc2cc(CCNC(=O)C3CCN(S(C)(=O)=O)CC3)c(=O)[nH]c2c1. The van der Waals surface area contributed by atoms with E-state index in [0.29, 0.717) is 44.5 Å². The number of amides is 1. The molecule has 0 radical (unpaired) electrons. The van der Waals surface area contributed by atoms with Crippen LogP contribution in [0.3, 0.4) is 0 Å². The molecule has 0 spiro atoms. The van der Waals surface area contributed by atoms with E-state index in [1.807, 2.05) is 31.2 Å². The van der Waals surface area contributed by atoms with Gasteiger partial charge in [0.1, 0.15) is 0 Å². The number of piperidine rings is 1. The number of aromatic nitrogens is 1. The minimum atomic E-state index is -3.19. The molecule has 1 aliphatic heterocycles. The summed E-state index contributed by atoms with van der Waals surface area (Å²) in [7, 11) is -3.19. The molecule has 1 amide bonds. The van der Waals surface area contributed by atoms with Gasteiger partial charge in [-0.05, 0) is 49.3 Å². The molecule has 2 aromatic rings. The van der Waals surface area contributed by atoms with Gasteiger partial charge in [0, 0.05) is 36.6 Å². The standard InChI is InChI=1S/C19H25N3O4S/c1-13-3-4-15-12-16(19(24)21-17(15)11-13)5-8-20-18(23)14-6-9-22(10-7-14)27(2,25)26/h3-4,11-12,14H,5-10H2,1-2H3,(H,20,23)(H,21,24). The Balaban J connectivity index is 1.55. The number of aromatic amines is 1. The van der Waals surface area contributed by atoms with Crippen LogP contribution in [-0.2, 0) is 21.2 Å². The highest BCUT2D eigenvalue weighted by Crippen LogP contribution is 2.19. The van der Waals surface area contributed by atoms with Gasteiger partial charge in [-0.2, -0.15) is 0 Å². The van der Waals surface area contributed by atoms with E-state index in [9.17, 15) is 18.0 Å². The van der Waals surface area contributed by atoms with Crippen molar-refractivity contribution in [2.45, 2.75) is 26.2 Å². The van der Waals surface area contributed by atoms with Gasteiger partial charge in [0.15, 0.2) is 0 Å². The summed E-state index contributed by atoms with van der Waals surface area (Å²) < 4.78 is 24.5. The zero-order valence-electron chi connectivity index (χ0n) is 15.6. The fourth-order valence-electron chi connectivity index (χ4n) is 3.46. The number of sulfonamides is 1. The number of benzene rings is 1. The third-order valence-corrected chi connectivity index (χ3v) is 6.37. The third kappa shape index (κ3) is 4.75. The van der Waals surface area contributed by atoms with E-state index in [-0.39, 0.29) is 17.4 Å². The van der Waals surface area contributed by atoms with Gasteiger partial charge < -0.3 is 10.3 Å². The summed E-state index contributed by atoms with van der Waals surface area (Å²) in [4.78, 5) is 27.4. The topological polar surface area (TPSA) is 99.3 Å². The van der Waals surface area contributed by atoms with Crippen LogP contribution in [0.5, 0.6) is 0 Å². The van der Waals surface area contributed by atoms with Crippen LogP contribution >= 0.6 is 0 Å². The quantitative estimate of drug-likeness (QED) is 0.799. The smallest absolute Gasteiger partial charge is 0.251 e. The lowest BCUT2D eigenvalue weighted by atomic mass is 9.97. The molecular weight excluding hydrogens is 366 g/mol. The number of pyridine rings is 1. The molecule has 8 heteroatoms. The molecule has 2 heterocycles. The number of hydrogen-bond acceptors (Lipinski definition) is 4. The van der Waals surface area contributed by atoms with Crippen LogP contribution in [0.15, 0.2) is 29.1 Å². The van der Waals surface area contributed by atoms with E-state index >= 15 is 0 Å². The number of aryl methyl sites for hydroxylation is 1. The molecule has 0 aliphatic carbocycles. The van der Waals surface area contributed by atoms with Gasteiger partial charge in [0.2, 0.25) is 15.9 Å². The molecule has 2 N–H and O–H groups in total. The number of carbonyl (C=O) groups is 1. The first-order valence-corrected chi connectivity index (χ1v) is 10.9. The minimum absolute atomic E-state index is 0.0732. The van der Waals surface area contributed by atoms with Crippen LogP contribution in [0.1, 0.15) is 24.0 Å². The lowest BCUT2D eigenvalue weighted by Crippen LogP contribution is -2.43. The maximum Gasteiger partial charge on any atom is 0.251 e. The number of rotatable bonds is 5. The molecule has 1 aromatic carbocycles. The predicted molar refractivity (Wildman–Crippen MR) is 105 cm³/mol. The monoisotopic (exact) mass is 391 g/mol. The van der Waals surface area contributed by atoms with Gasteiger partial charge in [0.05, 0.1) is 6.26 Å². The zero-order chi connectivity index (χ0) is 19.6. The molecule has 0 bridgehead atoms. The highest BCUT2D eigenvalue weighted by atomic mass is 32.2. The Kier molecular flexibility index (Phi) is 5.67. The highest BCUT2D eigenvalue weighted by molar-refractivity contribution is 7.88. The number of nitrogens with zero attached hydrogens (tertiary/aromatic N) is 1. The molecule has 1 aliphatic rings. The largest absolute Gasteiger partial charge is 0.356 e. The van der Waals surface area contributed by atoms with Crippen molar-refractivity contribution < 1.29 is 13.2 Å². The Hall–Kier alpha value is -2.19. The summed E-state index contributed by atoms with van der Waals surface area (Å²) in [5.41, 5.74) is 2.40. The second-order valence-electron chi connectivity index (χ2n) is 7.19. The predicted octanol–water partition coefficient (Wildman–Crippen LogP) is 1.17. The van der Waals surface area contributed by atoms with Crippen LogP contribution < -0.4 is 10.9 Å². The Labute approximate surface area is 158 Å². The van der Waals surface area contributed by atoms with Gasteiger partial charge in [0.25, 0.3) is 5.56 Å². The van der Waals surface area contributed by atoms with Crippen LogP contribution in [-0.4, -0.2) is 49.5 Å². The summed E-state index contributed by atoms with van der Waals surface area (Å²) >= 11 is 0. The first-order valence-electron chi connectivity index (χ1n) is 9.09. The summed E-state index contributed by atoms with van der Waals surface area (Å²) in [6, 6.07) is 7.77. The van der Waals surface area contributed by atoms with Crippen LogP contribution in [0.4, 0.5) is 0 Å². The van der Waals surface area contributed by atoms with Crippen molar-refractivity contribution in [1.82, 2.24) is 14.6 Å². The van der Waals surface area contributed by atoms with Gasteiger partial charge in [-0.15, -0.1) is 0 Å². The fourth-order valence-corrected chi connectivity index (χ4v) is 4.33. The van der Waals surface area contributed by atoms with Crippen molar-refractivity contribution in [1.29, 1.82) is 0 Å². The first-order chi connectivity index (χ1) is 12.7. The van der Waals surface area contributed by atoms with Crippen molar-refractivity contribution in [3.63, 3.8) is 0 Å². The molecule has 0 saturated carbocycles. The molecule has 1 saturated heterocycles. The van der Waals surface area contributed by atoms with E-state index in [0.717, 1.165) is 16.5 Å². The summed E-state index contributed by atoms with van der Waals surface area (Å²) in [6.07, 6.45) is 2.69. The summed E-state index contributed by atoms with van der Waals surface area (Å²) in [5.74, 6) is -0.253. The third-order valence-electron chi connectivity index (χ3n) is 5.07. The second kappa shape index (κ2) is 7.82. The van der Waals surface area contributed by atoms with Crippen molar-refractivity contribution in [3.8, 4) is 0 Å². The normalized spacial score (nSPS) is 16.5. The van der Waals surface area contributed by atoms with Gasteiger partial charge in [-0.3, -0.25) is 9.59 Å². The molecule has 0 atom stereocenters. The van der Waals surface area contributed by atoms with E-state index in [4.69, 9.17) is 0 Å². The Morgan fingerprint density at radius 2 is 1.96 bits per heavy atom. The number of fused-ring (bicyclic) bond motifs is 1. The molecular formula is C19H25N3O4S. The number of nitrogens with one attached hydrogen (secondary N) is 2. The molecule has 1 aromatic heterocycles. The van der Waals surface area contributed by atoms with Gasteiger partial charge in [-0.25, -0.2) is 12.7 Å². The second-order valence-corrected chi connectivity index (χ2v) is 9.17. The number of carbonyl (C=O) groups excluding carboxylic acids is 1. The Bertz CT molecular complexity index is 1010. The summed E-state index contributed by atoms with van der Waals surface area (Å²) in [5, 5.41) is 3.85. The van der Waals surface area contributed by atoms with Crippen LogP contribution in [0.2, 0.25) is 0 Å². The van der Waals surface area contributed by atoms with Gasteiger partial charge in [-0.1, -0.05) is 12.1 Å². The summed E-state index contributed by atoms with van der Waals surface area (Å²) in [6.45, 7) is 3.11. The van der Waals surface area contributed by atoms with Crippen molar-refractivity contribution >= 4 is 26.8 Å². The van der Waals surface area contributed by atoms with E-state index in [1.54, 1.807) is 0 Å². The minimum Gasteiger partial charge on any atom is -0.356 e. The molecule has 3 rings (SSSR count). The van der Waals surface area contributed by atoms with Crippen LogP contribution in [0, 0.1) is 12.8 Å². The van der Waals surface area contributed by atoms with E-state index < -0.39 is 10.0 Å². The zero-order valence-corrected chi connectivity index (χ0v) is 16.4. The first kappa shape index (κ1) is 19.6. The molecule has 7 nitrogen and oxygen atoms in total. The lowest BCUT2D eigenvalue weighted by molar-refractivity contribution is -0.126. The molecule has 1 fully saturated rings. The van der Waals surface area contributed by atoms with Crippen molar-refractivity contribution in [2.24, 2.45) is 5.92 Å². The Morgan fingerprint density at radius 3 is 2.63 bits per heavy atom. The number of H-pyrrole nitrogens is 1. The highest BCUT2D eigenvalue weighted by Gasteiger charge is 2.28. The average Bonchev–Trinajstić information content (AvgIpc) is 2.61. The van der Waals surface area contributed by atoms with E-state index in [1.165, 1.54) is 10.6 Å². The fraction of sp³-hybridized carbons (Fsp3) is 0.474. The van der Waals surface area contributed by atoms with Crippen molar-refractivity contribution in [3.05, 3.63) is 45.7 Å². The van der Waals surface area contributed by atoms with Crippen LogP contribution in [0.25, 0.3) is 10.9 Å². The number of hydrogen-bond donors (Lipinski definition) is 2. The lowest BCUT2D eigenvalue weighted by Gasteiger charge is -2.29. The molecule has 0 unspecified atom stereocenters.